The Morgan fingerprint density at radius 3 is 2.64 bits per heavy atom. The molecule has 0 saturated carbocycles. The van der Waals surface area contributed by atoms with E-state index in [4.69, 9.17) is 0 Å². The van der Waals surface area contributed by atoms with Crippen LogP contribution in [0.15, 0.2) is 39.5 Å². The maximum Gasteiger partial charge on any atom is 0.335 e. The minimum Gasteiger partial charge on any atom is -0.548 e. The molecule has 2 heterocycles. The second kappa shape index (κ2) is 5.50. The summed E-state index contributed by atoms with van der Waals surface area (Å²) in [6.45, 7) is -0.537. The van der Waals surface area contributed by atoms with Crippen molar-refractivity contribution in [1.29, 1.82) is 0 Å². The molecule has 0 fully saturated rings. The number of aromatic nitrogens is 3. The van der Waals surface area contributed by atoms with E-state index in [0.29, 0.717) is 21.2 Å². The Morgan fingerprint density at radius 1 is 1.36 bits per heavy atom. The van der Waals surface area contributed by atoms with Crippen LogP contribution in [0.3, 0.4) is 0 Å². The predicted molar refractivity (Wildman–Crippen MR) is 80.5 cm³/mol. The van der Waals surface area contributed by atoms with Gasteiger partial charge in [-0.3, -0.25) is 8.78 Å². The van der Waals surface area contributed by atoms with Crippen LogP contribution >= 0.6 is 11.3 Å². The zero-order valence-electron chi connectivity index (χ0n) is 11.4. The number of nitrogens with zero attached hydrogens (tertiary/aromatic N) is 3. The van der Waals surface area contributed by atoms with E-state index < -0.39 is 29.0 Å². The predicted octanol–water partition coefficient (Wildman–Crippen LogP) is -0.264. The van der Waals surface area contributed by atoms with Gasteiger partial charge in [0.1, 0.15) is 5.03 Å². The van der Waals surface area contributed by atoms with Crippen LogP contribution in [0.5, 0.6) is 0 Å². The summed E-state index contributed by atoms with van der Waals surface area (Å²) in [6, 6.07) is 6.82. The van der Waals surface area contributed by atoms with Crippen LogP contribution in [0.2, 0.25) is 0 Å². The maximum absolute atomic E-state index is 12.5. The van der Waals surface area contributed by atoms with E-state index in [2.05, 4.69) is 4.98 Å². The fourth-order valence-electron chi connectivity index (χ4n) is 2.16. The molecule has 0 N–H and O–H groups in total. The molecule has 3 aromatic rings. The van der Waals surface area contributed by atoms with E-state index in [1.165, 1.54) is 22.2 Å². The molecule has 0 amide bonds. The number of imidazole rings is 1. The number of rotatable bonds is 4. The van der Waals surface area contributed by atoms with Crippen LogP contribution < -0.4 is 10.8 Å². The summed E-state index contributed by atoms with van der Waals surface area (Å²) in [5.41, 5.74) is 0.496. The highest BCUT2D eigenvalue weighted by atomic mass is 32.2. The monoisotopic (exact) mass is 336 g/mol. The van der Waals surface area contributed by atoms with Crippen molar-refractivity contribution in [2.75, 3.05) is 6.26 Å². The number of carboxylic acids is 1. The Bertz CT molecular complexity index is 954. The average molecular weight is 336 g/mol. The van der Waals surface area contributed by atoms with Gasteiger partial charge in [-0.15, -0.1) is 11.3 Å². The molecule has 9 heteroatoms. The lowest BCUT2D eigenvalue weighted by Crippen LogP contribution is -2.33. The van der Waals surface area contributed by atoms with Gasteiger partial charge in [0, 0.05) is 11.6 Å². The number of carboxylic acid groups (broad SMARTS) is 1. The van der Waals surface area contributed by atoms with Crippen molar-refractivity contribution >= 4 is 39.1 Å². The zero-order valence-corrected chi connectivity index (χ0v) is 13.0. The summed E-state index contributed by atoms with van der Waals surface area (Å²) >= 11 is 1.17. The highest BCUT2D eigenvalue weighted by Gasteiger charge is 2.17. The molecule has 1 unspecified atom stereocenters. The number of aliphatic carboxylic acids is 1. The lowest BCUT2D eigenvalue weighted by Gasteiger charge is -2.02. The van der Waals surface area contributed by atoms with Crippen molar-refractivity contribution in [2.45, 2.75) is 11.6 Å². The first kappa shape index (κ1) is 14.7. The van der Waals surface area contributed by atoms with Crippen molar-refractivity contribution in [3.63, 3.8) is 0 Å². The van der Waals surface area contributed by atoms with Gasteiger partial charge in [-0.2, -0.15) is 0 Å². The van der Waals surface area contributed by atoms with Crippen molar-refractivity contribution in [1.82, 2.24) is 14.1 Å². The van der Waals surface area contributed by atoms with E-state index in [9.17, 15) is 18.9 Å². The van der Waals surface area contributed by atoms with Gasteiger partial charge in [-0.25, -0.2) is 14.3 Å². The van der Waals surface area contributed by atoms with Crippen LogP contribution in [-0.4, -0.2) is 30.6 Å². The summed E-state index contributed by atoms with van der Waals surface area (Å²) in [4.78, 5) is 27.6. The average Bonchev–Trinajstić information content (AvgIpc) is 3.03. The van der Waals surface area contributed by atoms with Gasteiger partial charge >= 0.3 is 5.69 Å². The zero-order chi connectivity index (χ0) is 15.9. The molecule has 114 valence electrons. The Labute approximate surface area is 130 Å². The second-order valence-electron chi connectivity index (χ2n) is 4.49. The van der Waals surface area contributed by atoms with Crippen molar-refractivity contribution < 1.29 is 14.1 Å². The number of hydrogen-bond donors (Lipinski definition) is 0. The summed E-state index contributed by atoms with van der Waals surface area (Å²) in [7, 11) is -1.25. The van der Waals surface area contributed by atoms with E-state index in [1.807, 2.05) is 0 Å². The molecular weight excluding hydrogens is 326 g/mol. The standard InChI is InChI=1S/C13H11N3O4S2/c1-22(20)10-7-21-12(14-10)16-9-5-3-2-4-8(9)15(13(16)19)6-11(17)18/h2-5,7H,6H2,1H3,(H,17,18)/p-1. The molecule has 2 aromatic heterocycles. The highest BCUT2D eigenvalue weighted by molar-refractivity contribution is 7.84. The quantitative estimate of drug-likeness (QED) is 0.654. The van der Waals surface area contributed by atoms with Gasteiger partial charge in [0.15, 0.2) is 5.13 Å². The normalized spacial score (nSPS) is 12.6. The molecule has 0 radical (unpaired) electrons. The molecule has 0 bridgehead atoms. The van der Waals surface area contributed by atoms with Gasteiger partial charge in [-0.05, 0) is 12.1 Å². The Kier molecular flexibility index (Phi) is 3.67. The highest BCUT2D eigenvalue weighted by Crippen LogP contribution is 2.21. The Morgan fingerprint density at radius 2 is 2.05 bits per heavy atom. The molecule has 0 saturated heterocycles. The lowest BCUT2D eigenvalue weighted by atomic mass is 10.3. The first-order chi connectivity index (χ1) is 10.5. The summed E-state index contributed by atoms with van der Waals surface area (Å²) in [5.74, 6) is -1.35. The number of carbonyl (C=O) groups is 1. The fourth-order valence-corrected chi connectivity index (χ4v) is 3.81. The third kappa shape index (κ3) is 2.38. The summed E-state index contributed by atoms with van der Waals surface area (Å²) in [5, 5.41) is 13.2. The first-order valence-electron chi connectivity index (χ1n) is 6.18. The Balaban J connectivity index is 2.29. The third-order valence-corrected chi connectivity index (χ3v) is 4.85. The Hall–Kier alpha value is -2.26. The molecule has 0 spiro atoms. The van der Waals surface area contributed by atoms with Crippen LogP contribution in [0, 0.1) is 0 Å². The van der Waals surface area contributed by atoms with Gasteiger partial charge in [0.25, 0.3) is 0 Å². The van der Waals surface area contributed by atoms with E-state index in [1.54, 1.807) is 29.6 Å². The SMILES string of the molecule is CS(=O)c1csc(-n2c(=O)n(CC(=O)[O-])c3ccccc32)n1. The van der Waals surface area contributed by atoms with Crippen molar-refractivity contribution in [2.24, 2.45) is 0 Å². The number of thiazole rings is 1. The third-order valence-electron chi connectivity index (χ3n) is 3.08. The number of carbonyl (C=O) groups excluding carboxylic acids is 1. The smallest absolute Gasteiger partial charge is 0.335 e. The van der Waals surface area contributed by atoms with Gasteiger partial charge in [0.05, 0.1) is 34.3 Å². The topological polar surface area (TPSA) is 97.0 Å². The fraction of sp³-hybridized carbons (Fsp3) is 0.154. The van der Waals surface area contributed by atoms with Crippen LogP contribution in [0.25, 0.3) is 16.2 Å². The first-order valence-corrected chi connectivity index (χ1v) is 8.62. The number of para-hydroxylation sites is 2. The van der Waals surface area contributed by atoms with E-state index in [0.717, 1.165) is 4.57 Å². The molecule has 1 atom stereocenters. The second-order valence-corrected chi connectivity index (χ2v) is 6.65. The summed E-state index contributed by atoms with van der Waals surface area (Å²) in [6.07, 6.45) is 1.50. The largest absolute Gasteiger partial charge is 0.548 e. The van der Waals surface area contributed by atoms with Crippen molar-refractivity contribution in [3.8, 4) is 5.13 Å². The minimum absolute atomic E-state index is 0.350. The maximum atomic E-state index is 12.5. The molecule has 3 rings (SSSR count). The molecule has 1 aromatic carbocycles. The van der Waals surface area contributed by atoms with E-state index >= 15 is 0 Å². The molecule has 0 aliphatic carbocycles. The van der Waals surface area contributed by atoms with Crippen LogP contribution in [0.1, 0.15) is 0 Å². The van der Waals surface area contributed by atoms with E-state index in [-0.39, 0.29) is 0 Å². The summed E-state index contributed by atoms with van der Waals surface area (Å²) < 4.78 is 13.9. The van der Waals surface area contributed by atoms with Crippen LogP contribution in [-0.2, 0) is 22.1 Å². The molecule has 0 aliphatic rings. The number of benzene rings is 1. The van der Waals surface area contributed by atoms with Crippen molar-refractivity contribution in [3.05, 3.63) is 40.1 Å². The van der Waals surface area contributed by atoms with Gasteiger partial charge in [0.2, 0.25) is 0 Å². The molecule has 0 aliphatic heterocycles. The lowest BCUT2D eigenvalue weighted by molar-refractivity contribution is -0.306. The number of fused-ring (bicyclic) bond motifs is 1. The molecular formula is C13H10N3O4S2-. The van der Waals surface area contributed by atoms with Crippen LogP contribution in [0.4, 0.5) is 0 Å². The van der Waals surface area contributed by atoms with Gasteiger partial charge < -0.3 is 9.90 Å². The number of hydrogen-bond acceptors (Lipinski definition) is 6. The molecule has 22 heavy (non-hydrogen) atoms. The minimum atomic E-state index is -1.35. The molecule has 7 nitrogen and oxygen atoms in total. The van der Waals surface area contributed by atoms with Gasteiger partial charge in [-0.1, -0.05) is 12.1 Å².